The van der Waals surface area contributed by atoms with Crippen LogP contribution in [0.25, 0.3) is 11.1 Å². The van der Waals surface area contributed by atoms with Gasteiger partial charge in [0.15, 0.2) is 0 Å². The maximum absolute atomic E-state index is 14.3. The Balaban J connectivity index is 1.17. The number of benzene rings is 2. The van der Waals surface area contributed by atoms with Crippen molar-refractivity contribution in [3.8, 4) is 16.9 Å². The standard InChI is InChI=1S/C36H46N4O4/c1-24-18-30(14-17-34(24)44-2)27-10-8-26(9-11-27)22-39(35(41)28-12-6-25(7-13-28)20-37-36(42)43)33-5-3-4-29(19-33)31-21-38-40(23-31)32-15-16-32/h3-5,14,17-19,21,23,25-28,32,37H,6-13,15-16,20,22H2,1-2H3,(H,42,43). The summed E-state index contributed by atoms with van der Waals surface area (Å²) in [6.07, 6.45) is 13.3. The van der Waals surface area contributed by atoms with E-state index in [9.17, 15) is 9.59 Å². The van der Waals surface area contributed by atoms with Gasteiger partial charge in [-0.15, -0.1) is 0 Å². The van der Waals surface area contributed by atoms with Gasteiger partial charge in [0, 0.05) is 36.5 Å². The van der Waals surface area contributed by atoms with Crippen molar-refractivity contribution >= 4 is 17.7 Å². The number of nitrogens with zero attached hydrogens (tertiary/aromatic N) is 3. The maximum Gasteiger partial charge on any atom is 0.404 e. The highest BCUT2D eigenvalue weighted by molar-refractivity contribution is 5.95. The van der Waals surface area contributed by atoms with Gasteiger partial charge >= 0.3 is 6.09 Å². The molecule has 8 nitrogen and oxygen atoms in total. The first-order valence-corrected chi connectivity index (χ1v) is 16.4. The second-order valence-electron chi connectivity index (χ2n) is 13.3. The largest absolute Gasteiger partial charge is 0.496 e. The first kappa shape index (κ1) is 30.2. The minimum Gasteiger partial charge on any atom is -0.496 e. The van der Waals surface area contributed by atoms with E-state index in [4.69, 9.17) is 9.84 Å². The fourth-order valence-corrected chi connectivity index (χ4v) is 7.36. The van der Waals surface area contributed by atoms with Crippen molar-refractivity contribution in [2.75, 3.05) is 25.1 Å². The zero-order valence-electron chi connectivity index (χ0n) is 26.1. The number of anilines is 1. The molecule has 3 aliphatic rings. The van der Waals surface area contributed by atoms with Gasteiger partial charge in [-0.1, -0.05) is 24.3 Å². The van der Waals surface area contributed by atoms with Gasteiger partial charge in [-0.25, -0.2) is 4.79 Å². The first-order valence-electron chi connectivity index (χ1n) is 16.4. The summed E-state index contributed by atoms with van der Waals surface area (Å²) in [5, 5.41) is 16.1. The Morgan fingerprint density at radius 1 is 0.955 bits per heavy atom. The van der Waals surface area contributed by atoms with Crippen LogP contribution < -0.4 is 15.0 Å². The summed E-state index contributed by atoms with van der Waals surface area (Å²) in [6, 6.07) is 15.5. The van der Waals surface area contributed by atoms with Crippen molar-refractivity contribution in [1.82, 2.24) is 15.1 Å². The average molecular weight is 599 g/mol. The highest BCUT2D eigenvalue weighted by atomic mass is 16.5. The van der Waals surface area contributed by atoms with Crippen LogP contribution in [0.1, 0.15) is 87.3 Å². The van der Waals surface area contributed by atoms with Gasteiger partial charge in [0.25, 0.3) is 0 Å². The molecule has 6 rings (SSSR count). The number of ether oxygens (including phenoxy) is 1. The molecule has 8 heteroatoms. The molecule has 1 aromatic heterocycles. The molecule has 0 spiro atoms. The van der Waals surface area contributed by atoms with Crippen LogP contribution in [0.15, 0.2) is 54.9 Å². The summed E-state index contributed by atoms with van der Waals surface area (Å²) in [4.78, 5) is 27.3. The third-order valence-corrected chi connectivity index (χ3v) is 10.2. The molecule has 0 radical (unpaired) electrons. The van der Waals surface area contributed by atoms with E-state index in [2.05, 4.69) is 75.6 Å². The fourth-order valence-electron chi connectivity index (χ4n) is 7.36. The van der Waals surface area contributed by atoms with Crippen molar-refractivity contribution in [3.05, 3.63) is 66.0 Å². The molecule has 0 aliphatic heterocycles. The number of aryl methyl sites for hydroxylation is 1. The lowest BCUT2D eigenvalue weighted by Gasteiger charge is -2.36. The Morgan fingerprint density at radius 3 is 2.39 bits per heavy atom. The third-order valence-electron chi connectivity index (χ3n) is 10.2. The predicted octanol–water partition coefficient (Wildman–Crippen LogP) is 7.58. The molecular weight excluding hydrogens is 552 g/mol. The molecule has 2 N–H and O–H groups in total. The second-order valence-corrected chi connectivity index (χ2v) is 13.3. The Kier molecular flexibility index (Phi) is 9.24. The molecule has 3 fully saturated rings. The number of hydrogen-bond donors (Lipinski definition) is 2. The van der Waals surface area contributed by atoms with E-state index in [1.54, 1.807) is 7.11 Å². The van der Waals surface area contributed by atoms with E-state index in [1.165, 1.54) is 24.0 Å². The highest BCUT2D eigenvalue weighted by Gasteiger charge is 2.33. The van der Waals surface area contributed by atoms with E-state index >= 15 is 0 Å². The maximum atomic E-state index is 14.3. The SMILES string of the molecule is COc1ccc(C2CCC(CN(C(=O)C3CCC(CNC(=O)O)CC3)c3cccc(-c4cnn(C5CC5)c4)c3)CC2)cc1C. The third kappa shape index (κ3) is 7.11. The monoisotopic (exact) mass is 598 g/mol. The molecule has 0 atom stereocenters. The summed E-state index contributed by atoms with van der Waals surface area (Å²) in [5.74, 6) is 2.41. The quantitative estimate of drug-likeness (QED) is 0.251. The minimum atomic E-state index is -0.978. The van der Waals surface area contributed by atoms with Crippen LogP contribution in [0.5, 0.6) is 5.75 Å². The summed E-state index contributed by atoms with van der Waals surface area (Å²) in [6.45, 7) is 3.31. The zero-order valence-corrected chi connectivity index (χ0v) is 26.1. The van der Waals surface area contributed by atoms with Gasteiger partial charge in [0.05, 0.1) is 19.3 Å². The fraction of sp³-hybridized carbons (Fsp3) is 0.528. The minimum absolute atomic E-state index is 0.0315. The Bertz CT molecular complexity index is 1450. The van der Waals surface area contributed by atoms with Crippen LogP contribution >= 0.6 is 0 Å². The van der Waals surface area contributed by atoms with Crippen LogP contribution in [-0.2, 0) is 4.79 Å². The Morgan fingerprint density at radius 2 is 1.70 bits per heavy atom. The lowest BCUT2D eigenvalue weighted by atomic mass is 9.77. The van der Waals surface area contributed by atoms with Gasteiger partial charge < -0.3 is 20.1 Å². The van der Waals surface area contributed by atoms with Crippen molar-refractivity contribution in [2.45, 2.75) is 83.1 Å². The highest BCUT2D eigenvalue weighted by Crippen LogP contribution is 2.40. The van der Waals surface area contributed by atoms with Crippen molar-refractivity contribution in [2.24, 2.45) is 17.8 Å². The Hall–Kier alpha value is -3.81. The molecular formula is C36H46N4O4. The molecule has 0 unspecified atom stereocenters. The van der Waals surface area contributed by atoms with E-state index in [0.29, 0.717) is 30.3 Å². The van der Waals surface area contributed by atoms with Crippen LogP contribution in [0, 0.1) is 24.7 Å². The second kappa shape index (κ2) is 13.4. The number of amides is 2. The van der Waals surface area contributed by atoms with E-state index in [1.807, 2.05) is 6.20 Å². The van der Waals surface area contributed by atoms with Gasteiger partial charge in [-0.3, -0.25) is 9.48 Å². The summed E-state index contributed by atoms with van der Waals surface area (Å²) in [7, 11) is 1.72. The molecule has 2 amide bonds. The summed E-state index contributed by atoms with van der Waals surface area (Å²) in [5.41, 5.74) is 5.72. The van der Waals surface area contributed by atoms with Gasteiger partial charge in [0.2, 0.25) is 5.91 Å². The number of hydrogen-bond acceptors (Lipinski definition) is 4. The summed E-state index contributed by atoms with van der Waals surface area (Å²) >= 11 is 0. The molecule has 44 heavy (non-hydrogen) atoms. The number of carbonyl (C=O) groups excluding carboxylic acids is 1. The van der Waals surface area contributed by atoms with Crippen LogP contribution in [-0.4, -0.2) is 47.1 Å². The number of methoxy groups -OCH3 is 1. The molecule has 1 heterocycles. The van der Waals surface area contributed by atoms with Gasteiger partial charge in [-0.05, 0) is 124 Å². The molecule has 3 aromatic rings. The molecule has 3 saturated carbocycles. The topological polar surface area (TPSA) is 96.7 Å². The van der Waals surface area contributed by atoms with Crippen LogP contribution in [0.3, 0.4) is 0 Å². The van der Waals surface area contributed by atoms with E-state index < -0.39 is 6.09 Å². The predicted molar refractivity (Wildman–Crippen MR) is 172 cm³/mol. The summed E-state index contributed by atoms with van der Waals surface area (Å²) < 4.78 is 7.55. The number of carboxylic acid groups (broad SMARTS) is 1. The molecule has 0 bridgehead atoms. The Labute approximate surface area is 260 Å². The average Bonchev–Trinajstić information content (AvgIpc) is 3.78. The van der Waals surface area contributed by atoms with Crippen LogP contribution in [0.4, 0.5) is 10.5 Å². The lowest BCUT2D eigenvalue weighted by Crippen LogP contribution is -2.42. The lowest BCUT2D eigenvalue weighted by molar-refractivity contribution is -0.123. The number of rotatable bonds is 10. The smallest absolute Gasteiger partial charge is 0.404 e. The van der Waals surface area contributed by atoms with E-state index in [-0.39, 0.29) is 11.8 Å². The van der Waals surface area contributed by atoms with E-state index in [0.717, 1.165) is 80.5 Å². The molecule has 0 saturated heterocycles. The molecule has 2 aromatic carbocycles. The molecule has 3 aliphatic carbocycles. The van der Waals surface area contributed by atoms with Crippen LogP contribution in [0.2, 0.25) is 0 Å². The number of aromatic nitrogens is 2. The zero-order chi connectivity index (χ0) is 30.6. The van der Waals surface area contributed by atoms with Crippen molar-refractivity contribution in [3.63, 3.8) is 0 Å². The first-order chi connectivity index (χ1) is 21.4. The van der Waals surface area contributed by atoms with Gasteiger partial charge in [-0.2, -0.15) is 5.10 Å². The normalized spacial score (nSPS) is 23.6. The molecule has 234 valence electrons. The van der Waals surface area contributed by atoms with Crippen molar-refractivity contribution < 1.29 is 19.4 Å². The van der Waals surface area contributed by atoms with Gasteiger partial charge in [0.1, 0.15) is 5.75 Å². The number of carbonyl (C=O) groups is 2. The number of nitrogens with one attached hydrogen (secondary N) is 1. The van der Waals surface area contributed by atoms with Crippen molar-refractivity contribution in [1.29, 1.82) is 0 Å².